The minimum atomic E-state index is 0.780. The molecule has 0 aliphatic carbocycles. The Hall–Kier alpha value is -0.530. The number of nitrogens with one attached hydrogen (secondary N) is 2. The van der Waals surface area contributed by atoms with Gasteiger partial charge >= 0.3 is 0 Å². The molecule has 2 N–H and O–H groups in total. The maximum atomic E-state index is 4.76. The molecule has 5 heteroatoms. The second-order valence-corrected chi connectivity index (χ2v) is 5.13. The predicted molar refractivity (Wildman–Crippen MR) is 99.2 cm³/mol. The van der Waals surface area contributed by atoms with Gasteiger partial charge < -0.3 is 9.97 Å². The van der Waals surface area contributed by atoms with Crippen LogP contribution in [-0.2, 0) is 0 Å². The largest absolute Gasteiger partial charge is 0.353 e. The fourth-order valence-electron chi connectivity index (χ4n) is 0.754. The Morgan fingerprint density at radius 1 is 0.895 bits per heavy atom. The van der Waals surface area contributed by atoms with E-state index in [0.717, 1.165) is 9.28 Å². The van der Waals surface area contributed by atoms with Gasteiger partial charge in [-0.05, 0) is 28.7 Å². The summed E-state index contributed by atoms with van der Waals surface area (Å²) in [6.07, 6.45) is 3.62. The monoisotopic (exact) mass is 408 g/mol. The molecule has 2 aromatic heterocycles. The standard InChI is InChI=1S/2C5H5NS.C2H5I.C2H6/c2*7-5-3-1-2-4-6-5;1-2-3;1-2/h2*1-4H,(H,6,7);2H2,1H3;1-2H3. The average Bonchev–Trinajstić information content (AvgIpc) is 2.44. The molecule has 0 bridgehead atoms. The first kappa shape index (κ1) is 20.8. The lowest BCUT2D eigenvalue weighted by atomic mass is 10.5. The Labute approximate surface area is 139 Å². The van der Waals surface area contributed by atoms with Crippen molar-refractivity contribution in [3.05, 3.63) is 58.1 Å². The van der Waals surface area contributed by atoms with Crippen LogP contribution in [-0.4, -0.2) is 14.4 Å². The van der Waals surface area contributed by atoms with Crippen LogP contribution >= 0.6 is 47.0 Å². The Balaban J connectivity index is 0. The molecule has 0 fully saturated rings. The molecule has 0 amide bonds. The third kappa shape index (κ3) is 17.5. The van der Waals surface area contributed by atoms with Crippen molar-refractivity contribution < 1.29 is 0 Å². The van der Waals surface area contributed by atoms with Crippen LogP contribution in [0.25, 0.3) is 0 Å². The second-order valence-electron chi connectivity index (χ2n) is 2.72. The molecule has 0 aromatic carbocycles. The van der Waals surface area contributed by atoms with Gasteiger partial charge in [0, 0.05) is 12.4 Å². The van der Waals surface area contributed by atoms with Crippen molar-refractivity contribution in [3.8, 4) is 0 Å². The molecular weight excluding hydrogens is 387 g/mol. The van der Waals surface area contributed by atoms with E-state index in [1.54, 1.807) is 0 Å². The fraction of sp³-hybridized carbons (Fsp3) is 0.286. The summed E-state index contributed by atoms with van der Waals surface area (Å²) in [5.41, 5.74) is 0. The Bertz CT molecular complexity index is 414. The quantitative estimate of drug-likeness (QED) is 0.320. The van der Waals surface area contributed by atoms with E-state index < -0.39 is 0 Å². The lowest BCUT2D eigenvalue weighted by Crippen LogP contribution is -1.64. The van der Waals surface area contributed by atoms with E-state index in [-0.39, 0.29) is 0 Å². The summed E-state index contributed by atoms with van der Waals surface area (Å²) in [6.45, 7) is 6.11. The second kappa shape index (κ2) is 17.5. The van der Waals surface area contributed by atoms with E-state index in [9.17, 15) is 0 Å². The number of H-pyrrole nitrogens is 2. The highest BCUT2D eigenvalue weighted by atomic mass is 127. The van der Waals surface area contributed by atoms with Gasteiger partial charge in [-0.15, -0.1) is 0 Å². The van der Waals surface area contributed by atoms with Crippen molar-refractivity contribution >= 4 is 47.0 Å². The van der Waals surface area contributed by atoms with E-state index in [4.69, 9.17) is 24.4 Å². The van der Waals surface area contributed by atoms with Gasteiger partial charge in [-0.1, -0.05) is 79.9 Å². The molecule has 106 valence electrons. The molecule has 0 saturated carbocycles. The zero-order valence-electron chi connectivity index (χ0n) is 11.5. The van der Waals surface area contributed by atoms with Gasteiger partial charge in [0.1, 0.15) is 9.28 Å². The average molecular weight is 408 g/mol. The van der Waals surface area contributed by atoms with Crippen LogP contribution in [0.15, 0.2) is 48.8 Å². The lowest BCUT2D eigenvalue weighted by molar-refractivity contribution is 1.30. The van der Waals surface area contributed by atoms with Gasteiger partial charge in [-0.3, -0.25) is 0 Å². The predicted octanol–water partition coefficient (Wildman–Crippen LogP) is 5.96. The number of aromatic nitrogens is 2. The molecule has 0 radical (unpaired) electrons. The van der Waals surface area contributed by atoms with Crippen molar-refractivity contribution in [1.29, 1.82) is 0 Å². The molecule has 2 rings (SSSR count). The van der Waals surface area contributed by atoms with E-state index >= 15 is 0 Å². The zero-order valence-corrected chi connectivity index (χ0v) is 15.3. The molecule has 2 aromatic rings. The van der Waals surface area contributed by atoms with Gasteiger partial charge in [0.05, 0.1) is 0 Å². The van der Waals surface area contributed by atoms with Gasteiger partial charge in [-0.25, -0.2) is 0 Å². The van der Waals surface area contributed by atoms with Gasteiger partial charge in [-0.2, -0.15) is 0 Å². The number of alkyl halides is 1. The SMILES string of the molecule is CC.CCI.S=c1cccc[nH]1.S=c1cccc[nH]1. The minimum Gasteiger partial charge on any atom is -0.353 e. The molecule has 0 saturated heterocycles. The van der Waals surface area contributed by atoms with Crippen LogP contribution in [0.5, 0.6) is 0 Å². The number of rotatable bonds is 0. The Morgan fingerprint density at radius 2 is 1.21 bits per heavy atom. The van der Waals surface area contributed by atoms with Gasteiger partial charge in [0.2, 0.25) is 0 Å². The minimum absolute atomic E-state index is 0.780. The number of hydrogen-bond donors (Lipinski definition) is 2. The number of aromatic amines is 2. The molecule has 2 heterocycles. The Morgan fingerprint density at radius 3 is 1.32 bits per heavy atom. The summed E-state index contributed by atoms with van der Waals surface area (Å²) >= 11 is 11.8. The normalized spacial score (nSPS) is 7.58. The summed E-state index contributed by atoms with van der Waals surface area (Å²) < 4.78 is 2.78. The number of halogens is 1. The smallest absolute Gasteiger partial charge is 0.103 e. The summed E-state index contributed by atoms with van der Waals surface area (Å²) in [6, 6.07) is 11.3. The maximum Gasteiger partial charge on any atom is 0.103 e. The molecule has 0 aliphatic heterocycles. The van der Waals surface area contributed by atoms with Crippen molar-refractivity contribution in [3.63, 3.8) is 0 Å². The van der Waals surface area contributed by atoms with E-state index in [1.165, 1.54) is 4.43 Å². The molecular formula is C14H21IN2S2. The van der Waals surface area contributed by atoms with Crippen molar-refractivity contribution in [1.82, 2.24) is 9.97 Å². The highest BCUT2D eigenvalue weighted by Crippen LogP contribution is 1.81. The zero-order chi connectivity index (χ0) is 14.9. The van der Waals surface area contributed by atoms with E-state index in [0.29, 0.717) is 0 Å². The summed E-state index contributed by atoms with van der Waals surface area (Å²) in [4.78, 5) is 5.69. The van der Waals surface area contributed by atoms with Crippen molar-refractivity contribution in [2.75, 3.05) is 4.43 Å². The first-order valence-corrected chi connectivity index (χ1v) is 8.38. The molecule has 0 spiro atoms. The Kier molecular flexibility index (Phi) is 19.1. The van der Waals surface area contributed by atoms with Crippen LogP contribution in [0.4, 0.5) is 0 Å². The highest BCUT2D eigenvalue weighted by Gasteiger charge is 1.66. The third-order valence-corrected chi connectivity index (χ3v) is 1.87. The molecule has 0 atom stereocenters. The lowest BCUT2D eigenvalue weighted by Gasteiger charge is -1.76. The van der Waals surface area contributed by atoms with Crippen LogP contribution in [0.1, 0.15) is 20.8 Å². The number of pyridine rings is 2. The molecule has 0 aliphatic rings. The van der Waals surface area contributed by atoms with Crippen LogP contribution in [0.2, 0.25) is 0 Å². The van der Waals surface area contributed by atoms with Crippen molar-refractivity contribution in [2.45, 2.75) is 20.8 Å². The third-order valence-electron chi connectivity index (χ3n) is 1.36. The highest BCUT2D eigenvalue weighted by molar-refractivity contribution is 14.1. The molecule has 2 nitrogen and oxygen atoms in total. The van der Waals surface area contributed by atoms with Gasteiger partial charge in [0.15, 0.2) is 0 Å². The van der Waals surface area contributed by atoms with E-state index in [1.807, 2.05) is 62.6 Å². The number of hydrogen-bond acceptors (Lipinski definition) is 2. The van der Waals surface area contributed by atoms with E-state index in [2.05, 4.69) is 39.5 Å². The van der Waals surface area contributed by atoms with Gasteiger partial charge in [0.25, 0.3) is 0 Å². The summed E-state index contributed by atoms with van der Waals surface area (Å²) in [5, 5.41) is 0. The fourth-order valence-corrected chi connectivity index (χ4v) is 1.05. The topological polar surface area (TPSA) is 31.6 Å². The molecule has 19 heavy (non-hydrogen) atoms. The maximum absolute atomic E-state index is 4.76. The summed E-state index contributed by atoms with van der Waals surface area (Å²) in [5.74, 6) is 0. The summed E-state index contributed by atoms with van der Waals surface area (Å²) in [7, 11) is 0. The van der Waals surface area contributed by atoms with Crippen LogP contribution in [0.3, 0.4) is 0 Å². The van der Waals surface area contributed by atoms with Crippen LogP contribution in [0, 0.1) is 9.28 Å². The van der Waals surface area contributed by atoms with Crippen LogP contribution < -0.4 is 0 Å². The first-order valence-electron chi connectivity index (χ1n) is 6.04. The first-order chi connectivity index (χ1) is 9.20. The molecule has 0 unspecified atom stereocenters. The van der Waals surface area contributed by atoms with Crippen molar-refractivity contribution in [2.24, 2.45) is 0 Å².